The van der Waals surface area contributed by atoms with Crippen molar-refractivity contribution in [2.45, 2.75) is 43.7 Å². The van der Waals surface area contributed by atoms with E-state index < -0.39 is 28.5 Å². The highest BCUT2D eigenvalue weighted by atomic mass is 79.9. The second-order valence-electron chi connectivity index (χ2n) is 10.4. The van der Waals surface area contributed by atoms with Crippen molar-refractivity contribution >= 4 is 66.7 Å². The smallest absolute Gasteiger partial charge is 0.264 e. The van der Waals surface area contributed by atoms with Crippen molar-refractivity contribution in [2.24, 2.45) is 0 Å². The molecule has 1 N–H and O–H groups in total. The van der Waals surface area contributed by atoms with Crippen molar-refractivity contribution in [3.63, 3.8) is 0 Å². The molecule has 0 unspecified atom stereocenters. The van der Waals surface area contributed by atoms with Crippen LogP contribution in [0.15, 0.2) is 112 Å². The van der Waals surface area contributed by atoms with Gasteiger partial charge < -0.3 is 10.2 Å². The van der Waals surface area contributed by atoms with Gasteiger partial charge in [-0.25, -0.2) is 8.42 Å². The van der Waals surface area contributed by atoms with E-state index in [0.717, 1.165) is 32.7 Å². The van der Waals surface area contributed by atoms with Gasteiger partial charge in [0, 0.05) is 29.0 Å². The van der Waals surface area contributed by atoms with Gasteiger partial charge in [-0.15, -0.1) is 0 Å². The Morgan fingerprint density at radius 1 is 0.867 bits per heavy atom. The van der Waals surface area contributed by atoms with E-state index in [-0.39, 0.29) is 34.5 Å². The van der Waals surface area contributed by atoms with Gasteiger partial charge in [0.2, 0.25) is 11.8 Å². The van der Waals surface area contributed by atoms with Crippen LogP contribution >= 0.6 is 39.1 Å². The maximum Gasteiger partial charge on any atom is 0.264 e. The minimum absolute atomic E-state index is 0.0134. The number of hydrogen-bond acceptors (Lipinski definition) is 4. The number of carbonyl (C=O) groups is 2. The molecule has 236 valence electrons. The molecule has 2 amide bonds. The maximum atomic E-state index is 14.5. The van der Waals surface area contributed by atoms with Crippen LogP contribution in [0.1, 0.15) is 30.9 Å². The van der Waals surface area contributed by atoms with Crippen molar-refractivity contribution in [1.29, 1.82) is 0 Å². The quantitative estimate of drug-likeness (QED) is 0.136. The standard InChI is InChI=1S/C34H34BrCl2N3O4S/c1-2-3-19-38-34(42)32(21-25-11-6-4-7-12-25)39(23-26-13-10-14-27(35)20-26)33(41)24-40(31-18-17-28(36)22-30(31)37)45(43,44)29-15-8-5-9-16-29/h4-18,20,22,32H,2-3,19,21,23-24H2,1H3,(H,38,42)/t32-/m0/s1. The fourth-order valence-electron chi connectivity index (χ4n) is 4.81. The van der Waals surface area contributed by atoms with E-state index in [0.29, 0.717) is 11.6 Å². The zero-order valence-corrected chi connectivity index (χ0v) is 28.6. The molecule has 4 aromatic rings. The van der Waals surface area contributed by atoms with Crippen molar-refractivity contribution < 1.29 is 18.0 Å². The fourth-order valence-corrected chi connectivity index (χ4v) is 7.27. The van der Waals surface area contributed by atoms with Crippen LogP contribution in [0.5, 0.6) is 0 Å². The van der Waals surface area contributed by atoms with Crippen molar-refractivity contribution in [3.8, 4) is 0 Å². The summed E-state index contributed by atoms with van der Waals surface area (Å²) in [5.74, 6) is -0.898. The first-order valence-electron chi connectivity index (χ1n) is 14.5. The Balaban J connectivity index is 1.81. The first-order valence-corrected chi connectivity index (χ1v) is 17.5. The number of rotatable bonds is 14. The largest absolute Gasteiger partial charge is 0.354 e. The van der Waals surface area contributed by atoms with Crippen LogP contribution in [0, 0.1) is 0 Å². The summed E-state index contributed by atoms with van der Waals surface area (Å²) in [6.07, 6.45) is 1.89. The van der Waals surface area contributed by atoms with Gasteiger partial charge in [0.05, 0.1) is 15.6 Å². The SMILES string of the molecule is CCCCNC(=O)[C@H](Cc1ccccc1)N(Cc1cccc(Br)c1)C(=O)CN(c1ccc(Cl)cc1Cl)S(=O)(=O)c1ccccc1. The van der Waals surface area contributed by atoms with Gasteiger partial charge in [-0.1, -0.05) is 113 Å². The van der Waals surface area contributed by atoms with E-state index in [1.165, 1.54) is 35.2 Å². The van der Waals surface area contributed by atoms with Gasteiger partial charge >= 0.3 is 0 Å². The van der Waals surface area contributed by atoms with Crippen LogP contribution in [0.25, 0.3) is 0 Å². The number of hydrogen-bond donors (Lipinski definition) is 1. The molecule has 4 rings (SSSR count). The van der Waals surface area contributed by atoms with Crippen LogP contribution < -0.4 is 9.62 Å². The minimum atomic E-state index is -4.27. The van der Waals surface area contributed by atoms with E-state index in [9.17, 15) is 18.0 Å². The molecule has 7 nitrogen and oxygen atoms in total. The van der Waals surface area contributed by atoms with E-state index in [4.69, 9.17) is 23.2 Å². The monoisotopic (exact) mass is 729 g/mol. The number of sulfonamides is 1. The average Bonchev–Trinajstić information content (AvgIpc) is 3.03. The predicted molar refractivity (Wildman–Crippen MR) is 184 cm³/mol. The number of nitrogens with one attached hydrogen (secondary N) is 1. The first-order chi connectivity index (χ1) is 21.6. The lowest BCUT2D eigenvalue weighted by Crippen LogP contribution is -2.53. The lowest BCUT2D eigenvalue weighted by molar-refractivity contribution is -0.140. The van der Waals surface area contributed by atoms with Gasteiger partial charge in [-0.2, -0.15) is 0 Å². The third kappa shape index (κ3) is 9.33. The molecule has 0 spiro atoms. The molecular formula is C34H34BrCl2N3O4S. The molecule has 11 heteroatoms. The number of halogens is 3. The van der Waals surface area contributed by atoms with E-state index in [2.05, 4.69) is 21.2 Å². The second-order valence-corrected chi connectivity index (χ2v) is 14.0. The van der Waals surface area contributed by atoms with Crippen LogP contribution in [0.3, 0.4) is 0 Å². The van der Waals surface area contributed by atoms with Crippen molar-refractivity contribution in [1.82, 2.24) is 10.2 Å². The Labute approximate surface area is 283 Å². The number of nitrogens with zero attached hydrogens (tertiary/aromatic N) is 2. The molecule has 1 atom stereocenters. The lowest BCUT2D eigenvalue weighted by Gasteiger charge is -2.34. The number of unbranched alkanes of at least 4 members (excludes halogenated alkanes) is 1. The fraction of sp³-hybridized carbons (Fsp3) is 0.235. The van der Waals surface area contributed by atoms with E-state index >= 15 is 0 Å². The molecule has 0 saturated heterocycles. The number of amides is 2. The summed E-state index contributed by atoms with van der Waals surface area (Å²) in [6, 6.07) is 28.1. The van der Waals surface area contributed by atoms with Gasteiger partial charge in [0.1, 0.15) is 12.6 Å². The summed E-state index contributed by atoms with van der Waals surface area (Å²) in [5, 5.41) is 3.36. The Hall–Kier alpha value is -3.37. The molecule has 0 fully saturated rings. The van der Waals surface area contributed by atoms with Gasteiger partial charge in [-0.05, 0) is 60.0 Å². The molecule has 45 heavy (non-hydrogen) atoms. The topological polar surface area (TPSA) is 86.8 Å². The van der Waals surface area contributed by atoms with Crippen LogP contribution in [-0.2, 0) is 32.6 Å². The van der Waals surface area contributed by atoms with E-state index in [1.807, 2.05) is 61.5 Å². The molecular weight excluding hydrogens is 697 g/mol. The van der Waals surface area contributed by atoms with Crippen LogP contribution in [0.2, 0.25) is 10.0 Å². The normalized spacial score (nSPS) is 11.9. The summed E-state index contributed by atoms with van der Waals surface area (Å²) < 4.78 is 29.9. The van der Waals surface area contributed by atoms with Crippen LogP contribution in [0.4, 0.5) is 5.69 Å². The average molecular weight is 732 g/mol. The number of anilines is 1. The molecule has 0 aliphatic carbocycles. The molecule has 0 aliphatic heterocycles. The Morgan fingerprint density at radius 3 is 2.18 bits per heavy atom. The third-order valence-electron chi connectivity index (χ3n) is 7.13. The molecule has 0 bridgehead atoms. The highest BCUT2D eigenvalue weighted by Gasteiger charge is 2.35. The van der Waals surface area contributed by atoms with Crippen molar-refractivity contribution in [2.75, 3.05) is 17.4 Å². The lowest BCUT2D eigenvalue weighted by atomic mass is 10.0. The Bertz CT molecular complexity index is 1710. The zero-order chi connectivity index (χ0) is 32.4. The second kappa shape index (κ2) is 16.3. The maximum absolute atomic E-state index is 14.5. The molecule has 4 aromatic carbocycles. The molecule has 0 heterocycles. The molecule has 0 saturated carbocycles. The van der Waals surface area contributed by atoms with Gasteiger partial charge in [0.15, 0.2) is 0 Å². The number of benzene rings is 4. The predicted octanol–water partition coefficient (Wildman–Crippen LogP) is 7.51. The highest BCUT2D eigenvalue weighted by Crippen LogP contribution is 2.33. The highest BCUT2D eigenvalue weighted by molar-refractivity contribution is 9.10. The van der Waals surface area contributed by atoms with Gasteiger partial charge in [-0.3, -0.25) is 13.9 Å². The van der Waals surface area contributed by atoms with E-state index in [1.54, 1.807) is 18.2 Å². The Morgan fingerprint density at radius 2 is 1.53 bits per heavy atom. The minimum Gasteiger partial charge on any atom is -0.354 e. The van der Waals surface area contributed by atoms with Crippen LogP contribution in [-0.4, -0.2) is 44.3 Å². The first kappa shape index (κ1) is 34.5. The molecule has 0 radical (unpaired) electrons. The number of carbonyl (C=O) groups excluding carboxylic acids is 2. The van der Waals surface area contributed by atoms with Gasteiger partial charge in [0.25, 0.3) is 10.0 Å². The summed E-state index contributed by atoms with van der Waals surface area (Å²) >= 11 is 16.2. The molecule has 0 aromatic heterocycles. The summed E-state index contributed by atoms with van der Waals surface area (Å²) in [7, 11) is -4.27. The summed E-state index contributed by atoms with van der Waals surface area (Å²) in [4.78, 5) is 29.7. The zero-order valence-electron chi connectivity index (χ0n) is 24.7. The third-order valence-corrected chi connectivity index (χ3v) is 9.94. The molecule has 0 aliphatic rings. The summed E-state index contributed by atoms with van der Waals surface area (Å²) in [5.41, 5.74) is 1.71. The summed E-state index contributed by atoms with van der Waals surface area (Å²) in [6.45, 7) is 1.93. The Kier molecular flexibility index (Phi) is 12.5. The van der Waals surface area contributed by atoms with Crippen molar-refractivity contribution in [3.05, 3.63) is 129 Å².